The third kappa shape index (κ3) is 7.86. The molecule has 4 aliphatic rings. The molecule has 16 nitrogen and oxygen atoms in total. The summed E-state index contributed by atoms with van der Waals surface area (Å²) < 4.78 is 9.39. The Labute approximate surface area is 358 Å². The number of nitrogens with two attached hydrogens (primary N) is 1. The molecule has 3 atom stereocenters. The van der Waals surface area contributed by atoms with E-state index in [1.807, 2.05) is 91.0 Å². The van der Waals surface area contributed by atoms with Gasteiger partial charge in [-0.3, -0.25) is 19.3 Å². The van der Waals surface area contributed by atoms with Gasteiger partial charge in [0.15, 0.2) is 5.13 Å². The second kappa shape index (κ2) is 17.4. The smallest absolute Gasteiger partial charge is 0.410 e. The van der Waals surface area contributed by atoms with Gasteiger partial charge in [0.05, 0.1) is 6.04 Å². The third-order valence-corrected chi connectivity index (χ3v) is 12.7. The minimum atomic E-state index is -1.36. The molecule has 18 heteroatoms. The Morgan fingerprint density at radius 1 is 0.984 bits per heavy atom. The predicted octanol–water partition coefficient (Wildman–Crippen LogP) is 4.13. The molecule has 0 radical (unpaired) electrons. The number of oxime groups is 1. The number of benzene rings is 3. The molecule has 0 bridgehead atoms. The number of rotatable bonds is 13. The van der Waals surface area contributed by atoms with E-state index in [9.17, 15) is 29.1 Å². The number of carbonyl (C=O) groups excluding carboxylic acids is 4. The average molecular weight is 861 g/mol. The van der Waals surface area contributed by atoms with Crippen LogP contribution in [0.15, 0.2) is 132 Å². The van der Waals surface area contributed by atoms with Crippen molar-refractivity contribution in [3.63, 3.8) is 0 Å². The second-order valence-electron chi connectivity index (χ2n) is 14.5. The summed E-state index contributed by atoms with van der Waals surface area (Å²) in [5.74, 6) is -3.09. The summed E-state index contributed by atoms with van der Waals surface area (Å²) in [6.07, 6.45) is 3.51. The Morgan fingerprint density at radius 2 is 1.62 bits per heavy atom. The molecule has 0 unspecified atom stereocenters. The number of aliphatic carboxylic acids is 1. The number of thioether (sulfide) groups is 1. The Balaban J connectivity index is 1.04. The highest BCUT2D eigenvalue weighted by atomic mass is 32.2. The number of nitrogens with zero attached hydrogens (tertiary/aromatic N) is 6. The first-order chi connectivity index (χ1) is 29.6. The zero-order chi connectivity index (χ0) is 42.7. The highest BCUT2D eigenvalue weighted by Gasteiger charge is 2.55. The fraction of sp³-hybridized carbons (Fsp3) is 0.256. The van der Waals surface area contributed by atoms with Crippen LogP contribution >= 0.6 is 23.3 Å². The number of anilines is 1. The third-order valence-electron chi connectivity index (χ3n) is 10.9. The van der Waals surface area contributed by atoms with Crippen LogP contribution in [0, 0.1) is 0 Å². The van der Waals surface area contributed by atoms with E-state index >= 15 is 0 Å². The molecule has 3 aromatic carbocycles. The molecule has 0 saturated carbocycles. The monoisotopic (exact) mass is 860 g/mol. The van der Waals surface area contributed by atoms with Gasteiger partial charge in [-0.15, -0.1) is 11.8 Å². The van der Waals surface area contributed by atoms with Crippen molar-refractivity contribution in [1.82, 2.24) is 29.4 Å². The van der Waals surface area contributed by atoms with Crippen molar-refractivity contribution in [1.29, 1.82) is 0 Å². The van der Waals surface area contributed by atoms with Gasteiger partial charge >= 0.3 is 12.1 Å². The number of hydrogen-bond donors (Lipinski definition) is 3. The van der Waals surface area contributed by atoms with Crippen LogP contribution in [0.2, 0.25) is 0 Å². The maximum Gasteiger partial charge on any atom is 0.410 e. The quantitative estimate of drug-likeness (QED) is 0.0433. The molecule has 4 amide bonds. The van der Waals surface area contributed by atoms with E-state index in [4.69, 9.17) is 15.3 Å². The fourth-order valence-electron chi connectivity index (χ4n) is 7.98. The number of hydrogen-bond acceptors (Lipinski definition) is 13. The van der Waals surface area contributed by atoms with Crippen LogP contribution in [-0.4, -0.2) is 114 Å². The van der Waals surface area contributed by atoms with E-state index in [-0.39, 0.29) is 46.7 Å². The van der Waals surface area contributed by atoms with Gasteiger partial charge in [-0.1, -0.05) is 109 Å². The summed E-state index contributed by atoms with van der Waals surface area (Å²) in [5, 5.41) is 16.9. The SMILES string of the molecule is C=CCOC(=O)N1CC[C@H](N2CC/C(=C\C3=C(C(=O)O)N4C(=O)[C@@H](NC(=O)/C(=N\OC(c5ccccc5)(c5ccccc5)c5ccccc5)c5nsc(N)n5)[C@H]4SC3)C2=O)C1. The van der Waals surface area contributed by atoms with Gasteiger partial charge in [-0.2, -0.15) is 9.36 Å². The minimum absolute atomic E-state index is 0.0700. The maximum atomic E-state index is 14.3. The molecule has 4 N–H and O–H groups in total. The summed E-state index contributed by atoms with van der Waals surface area (Å²) in [7, 11) is 0. The normalized spacial score (nSPS) is 21.0. The number of β-lactam (4-membered cyclic amide) rings is 1. The van der Waals surface area contributed by atoms with E-state index in [0.29, 0.717) is 60.3 Å². The van der Waals surface area contributed by atoms with Crippen molar-refractivity contribution in [3.8, 4) is 0 Å². The summed E-state index contributed by atoms with van der Waals surface area (Å²) in [4.78, 5) is 82.0. The van der Waals surface area contributed by atoms with Crippen molar-refractivity contribution >= 4 is 63.9 Å². The second-order valence-corrected chi connectivity index (χ2v) is 16.4. The number of carboxylic acid groups (broad SMARTS) is 1. The first kappa shape index (κ1) is 41.0. The van der Waals surface area contributed by atoms with E-state index in [1.54, 1.807) is 15.9 Å². The molecule has 61 heavy (non-hydrogen) atoms. The van der Waals surface area contributed by atoms with Crippen LogP contribution in [0.5, 0.6) is 0 Å². The van der Waals surface area contributed by atoms with Crippen molar-refractivity contribution in [2.24, 2.45) is 5.16 Å². The fourth-order valence-corrected chi connectivity index (χ4v) is 9.72. The van der Waals surface area contributed by atoms with Gasteiger partial charge in [-0.05, 0) is 24.5 Å². The van der Waals surface area contributed by atoms with E-state index in [1.165, 1.54) is 17.8 Å². The number of ether oxygens (including phenoxy) is 1. The Morgan fingerprint density at radius 3 is 2.20 bits per heavy atom. The lowest BCUT2D eigenvalue weighted by Gasteiger charge is -2.49. The zero-order valence-electron chi connectivity index (χ0n) is 32.6. The molecular formula is C43H40N8O8S2. The molecule has 0 aliphatic carbocycles. The number of carbonyl (C=O) groups is 5. The molecule has 3 fully saturated rings. The predicted molar refractivity (Wildman–Crippen MR) is 227 cm³/mol. The lowest BCUT2D eigenvalue weighted by molar-refractivity contribution is -0.150. The molecular weight excluding hydrogens is 821 g/mol. The van der Waals surface area contributed by atoms with E-state index in [2.05, 4.69) is 26.4 Å². The molecule has 8 rings (SSSR count). The summed E-state index contributed by atoms with van der Waals surface area (Å²) >= 11 is 2.10. The number of nitrogens with one attached hydrogen (secondary N) is 1. The van der Waals surface area contributed by atoms with E-state index in [0.717, 1.165) is 16.4 Å². The van der Waals surface area contributed by atoms with Crippen LogP contribution in [0.25, 0.3) is 0 Å². The summed E-state index contributed by atoms with van der Waals surface area (Å²) in [6, 6.07) is 26.8. The standard InChI is InChI=1S/C43H40N8O8S2/c1-2-22-58-42(57)49-20-19-31(24-49)50-21-18-26(37(50)53)23-27-25-60-39-33(38(54)51(39)34(27)40(55)56)45-36(52)32(35-46-41(44)61-48-35)47-59-43(28-12-6-3-7-13-28,29-14-8-4-9-15-29)30-16-10-5-11-17-30/h2-17,23,31,33,39H,1,18-22,24-25H2,(H,45,52)(H,55,56)(H2,44,46,48)/b26-23+,47-32-/t31-,33+,39+/m0/s1. The summed E-state index contributed by atoms with van der Waals surface area (Å²) in [6.45, 7) is 4.81. The number of amides is 4. The molecule has 5 heterocycles. The van der Waals surface area contributed by atoms with Gasteiger partial charge in [0, 0.05) is 59.2 Å². The van der Waals surface area contributed by atoms with Crippen LogP contribution < -0.4 is 11.1 Å². The molecule has 4 aromatic rings. The van der Waals surface area contributed by atoms with Crippen LogP contribution in [0.1, 0.15) is 35.4 Å². The van der Waals surface area contributed by atoms with Gasteiger partial charge in [0.2, 0.25) is 23.0 Å². The van der Waals surface area contributed by atoms with Gasteiger partial charge in [0.1, 0.15) is 23.7 Å². The van der Waals surface area contributed by atoms with E-state index < -0.39 is 40.9 Å². The molecule has 4 aliphatic heterocycles. The van der Waals surface area contributed by atoms with Crippen LogP contribution in [0.3, 0.4) is 0 Å². The number of aromatic nitrogens is 2. The first-order valence-corrected chi connectivity index (χ1v) is 21.2. The number of likely N-dealkylation sites (tertiary alicyclic amines) is 2. The van der Waals surface area contributed by atoms with Crippen LogP contribution in [-0.2, 0) is 34.4 Å². The van der Waals surface area contributed by atoms with Crippen molar-refractivity contribution < 1.29 is 38.7 Å². The molecule has 3 saturated heterocycles. The Kier molecular flexibility index (Phi) is 11.7. The number of fused-ring (bicyclic) bond motifs is 1. The van der Waals surface area contributed by atoms with Gasteiger partial charge in [-0.25, -0.2) is 9.59 Å². The number of carboxylic acids is 1. The maximum absolute atomic E-state index is 14.3. The number of nitrogen functional groups attached to an aromatic ring is 1. The van der Waals surface area contributed by atoms with Crippen LogP contribution in [0.4, 0.5) is 9.93 Å². The Hall–Kier alpha value is -6.79. The largest absolute Gasteiger partial charge is 0.477 e. The number of allylic oxidation sites excluding steroid dienone is 1. The lowest BCUT2D eigenvalue weighted by atomic mass is 9.80. The molecule has 312 valence electrons. The van der Waals surface area contributed by atoms with Gasteiger partial charge < -0.3 is 35.5 Å². The lowest BCUT2D eigenvalue weighted by Crippen LogP contribution is -2.71. The zero-order valence-corrected chi connectivity index (χ0v) is 34.2. The molecule has 1 aromatic heterocycles. The first-order valence-electron chi connectivity index (χ1n) is 19.4. The van der Waals surface area contributed by atoms with Crippen molar-refractivity contribution in [3.05, 3.63) is 149 Å². The topological polar surface area (TPSA) is 210 Å². The highest BCUT2D eigenvalue weighted by Crippen LogP contribution is 2.43. The summed E-state index contributed by atoms with van der Waals surface area (Å²) in [5.41, 5.74) is 6.82. The Bertz CT molecular complexity index is 2360. The van der Waals surface area contributed by atoms with Crippen molar-refractivity contribution in [2.75, 3.05) is 37.7 Å². The average Bonchev–Trinajstić information content (AvgIpc) is 4.04. The van der Waals surface area contributed by atoms with Gasteiger partial charge in [0.25, 0.3) is 11.8 Å². The van der Waals surface area contributed by atoms with Crippen molar-refractivity contribution in [2.45, 2.75) is 35.9 Å². The minimum Gasteiger partial charge on any atom is -0.477 e. The highest BCUT2D eigenvalue weighted by molar-refractivity contribution is 8.00. The molecule has 0 spiro atoms.